The van der Waals surface area contributed by atoms with Crippen LogP contribution in [0.1, 0.15) is 37.5 Å². The number of ether oxygens (including phenoxy) is 4. The summed E-state index contributed by atoms with van der Waals surface area (Å²) in [7, 11) is 0. The number of hydrogen-bond acceptors (Lipinski definition) is 5. The summed E-state index contributed by atoms with van der Waals surface area (Å²) < 4.78 is 22.2. The van der Waals surface area contributed by atoms with Crippen molar-refractivity contribution in [3.63, 3.8) is 0 Å². The van der Waals surface area contributed by atoms with Crippen molar-refractivity contribution in [2.24, 2.45) is 0 Å². The van der Waals surface area contributed by atoms with Crippen molar-refractivity contribution in [3.8, 4) is 17.2 Å². The number of nitrogens with zero attached hydrogens (tertiary/aromatic N) is 1. The molecule has 6 nitrogen and oxygen atoms in total. The summed E-state index contributed by atoms with van der Waals surface area (Å²) in [6, 6.07) is 11.9. The molecule has 2 aromatic rings. The molecule has 0 saturated heterocycles. The first-order valence-corrected chi connectivity index (χ1v) is 9.48. The fraction of sp³-hybridized carbons (Fsp3) is 0.409. The molecule has 0 atom stereocenters. The van der Waals surface area contributed by atoms with Crippen LogP contribution in [0.15, 0.2) is 36.4 Å². The molecule has 0 aliphatic carbocycles. The van der Waals surface area contributed by atoms with Gasteiger partial charge in [0.05, 0.1) is 0 Å². The van der Waals surface area contributed by atoms with Crippen molar-refractivity contribution in [1.82, 2.24) is 4.90 Å². The van der Waals surface area contributed by atoms with Crippen LogP contribution in [0.2, 0.25) is 0 Å². The van der Waals surface area contributed by atoms with Crippen LogP contribution in [0, 0.1) is 0 Å². The summed E-state index contributed by atoms with van der Waals surface area (Å²) in [5.41, 5.74) is 2.89. The fourth-order valence-corrected chi connectivity index (χ4v) is 3.30. The highest BCUT2D eigenvalue weighted by molar-refractivity contribution is 5.68. The molecule has 2 aromatic carbocycles. The van der Waals surface area contributed by atoms with E-state index in [1.165, 1.54) is 5.56 Å². The van der Waals surface area contributed by atoms with E-state index in [4.69, 9.17) is 18.9 Å². The van der Waals surface area contributed by atoms with Gasteiger partial charge in [-0.2, -0.15) is 0 Å². The third-order valence-electron chi connectivity index (χ3n) is 4.68. The zero-order chi connectivity index (χ0) is 19.7. The maximum Gasteiger partial charge on any atom is 0.410 e. The van der Waals surface area contributed by atoms with E-state index < -0.39 is 5.60 Å². The number of amides is 1. The van der Waals surface area contributed by atoms with E-state index in [0.29, 0.717) is 19.7 Å². The van der Waals surface area contributed by atoms with Gasteiger partial charge in [-0.25, -0.2) is 4.79 Å². The lowest BCUT2D eigenvalue weighted by Gasteiger charge is -2.31. The monoisotopic (exact) mass is 383 g/mol. The molecule has 148 valence electrons. The molecule has 4 rings (SSSR count). The van der Waals surface area contributed by atoms with Crippen LogP contribution >= 0.6 is 0 Å². The van der Waals surface area contributed by atoms with Gasteiger partial charge in [-0.3, -0.25) is 0 Å². The molecule has 6 heteroatoms. The second-order valence-corrected chi connectivity index (χ2v) is 8.06. The zero-order valence-corrected chi connectivity index (χ0v) is 16.5. The minimum absolute atomic E-state index is 0.263. The standard InChI is InChI=1S/C22H25NO5/c1-22(2,3)28-21(24)23-9-8-16-11-18(6-5-17(16)12-23)25-13-15-4-7-19-20(10-15)27-14-26-19/h4-7,10-11H,8-9,12-14H2,1-3H3. The molecule has 0 fully saturated rings. The van der Waals surface area contributed by atoms with Crippen molar-refractivity contribution in [2.75, 3.05) is 13.3 Å². The lowest BCUT2D eigenvalue weighted by Crippen LogP contribution is -2.39. The largest absolute Gasteiger partial charge is 0.489 e. The van der Waals surface area contributed by atoms with Gasteiger partial charge in [-0.15, -0.1) is 0 Å². The minimum Gasteiger partial charge on any atom is -0.489 e. The molecule has 0 unspecified atom stereocenters. The Bertz CT molecular complexity index is 887. The highest BCUT2D eigenvalue weighted by Gasteiger charge is 2.25. The summed E-state index contributed by atoms with van der Waals surface area (Å²) in [5, 5.41) is 0. The van der Waals surface area contributed by atoms with Crippen LogP contribution in [0.25, 0.3) is 0 Å². The average Bonchev–Trinajstić information content (AvgIpc) is 3.12. The Morgan fingerprint density at radius 2 is 1.89 bits per heavy atom. The lowest BCUT2D eigenvalue weighted by molar-refractivity contribution is 0.0224. The Labute approximate surface area is 165 Å². The number of benzene rings is 2. The zero-order valence-electron chi connectivity index (χ0n) is 16.5. The summed E-state index contributed by atoms with van der Waals surface area (Å²) in [5.74, 6) is 2.35. The third-order valence-corrected chi connectivity index (χ3v) is 4.68. The van der Waals surface area contributed by atoms with Crippen LogP contribution in [0.4, 0.5) is 4.79 Å². The lowest BCUT2D eigenvalue weighted by atomic mass is 10.00. The molecule has 2 aliphatic rings. The highest BCUT2D eigenvalue weighted by atomic mass is 16.7. The van der Waals surface area contributed by atoms with E-state index in [-0.39, 0.29) is 12.9 Å². The van der Waals surface area contributed by atoms with E-state index in [0.717, 1.165) is 34.8 Å². The van der Waals surface area contributed by atoms with Crippen LogP contribution < -0.4 is 14.2 Å². The normalized spacial score (nSPS) is 15.2. The third kappa shape index (κ3) is 4.16. The quantitative estimate of drug-likeness (QED) is 0.791. The van der Waals surface area contributed by atoms with Crippen LogP contribution in [-0.2, 0) is 24.3 Å². The predicted molar refractivity (Wildman–Crippen MR) is 104 cm³/mol. The molecule has 0 spiro atoms. The topological polar surface area (TPSA) is 57.2 Å². The average molecular weight is 383 g/mol. The van der Waals surface area contributed by atoms with Crippen molar-refractivity contribution in [3.05, 3.63) is 53.1 Å². The van der Waals surface area contributed by atoms with Gasteiger partial charge in [-0.05, 0) is 68.1 Å². The molecule has 0 N–H and O–H groups in total. The molecular formula is C22H25NO5. The van der Waals surface area contributed by atoms with Crippen molar-refractivity contribution >= 4 is 6.09 Å². The summed E-state index contributed by atoms with van der Waals surface area (Å²) in [6.45, 7) is 7.58. The second-order valence-electron chi connectivity index (χ2n) is 8.06. The van der Waals surface area contributed by atoms with Crippen molar-refractivity contribution in [1.29, 1.82) is 0 Å². The number of rotatable bonds is 3. The fourth-order valence-electron chi connectivity index (χ4n) is 3.30. The predicted octanol–water partition coefficient (Wildman–Crippen LogP) is 4.29. The van der Waals surface area contributed by atoms with Gasteiger partial charge in [0.25, 0.3) is 0 Å². The van der Waals surface area contributed by atoms with Crippen LogP contribution in [-0.4, -0.2) is 29.9 Å². The number of carbonyl (C=O) groups excluding carboxylic acids is 1. The summed E-state index contributed by atoms with van der Waals surface area (Å²) in [4.78, 5) is 14.0. The Kier molecular flexibility index (Phi) is 4.79. The smallest absolute Gasteiger partial charge is 0.410 e. The SMILES string of the molecule is CC(C)(C)OC(=O)N1CCc2cc(OCc3ccc4c(c3)OCO4)ccc2C1. The Morgan fingerprint density at radius 1 is 1.07 bits per heavy atom. The summed E-state index contributed by atoms with van der Waals surface area (Å²) >= 11 is 0. The van der Waals surface area contributed by atoms with Gasteiger partial charge < -0.3 is 23.8 Å². The first kappa shape index (κ1) is 18.5. The van der Waals surface area contributed by atoms with Gasteiger partial charge in [0.1, 0.15) is 18.0 Å². The molecule has 0 aromatic heterocycles. The number of carbonyl (C=O) groups is 1. The maximum absolute atomic E-state index is 12.3. The second kappa shape index (κ2) is 7.26. The summed E-state index contributed by atoms with van der Waals surface area (Å²) in [6.07, 6.45) is 0.525. The highest BCUT2D eigenvalue weighted by Crippen LogP contribution is 2.33. The van der Waals surface area contributed by atoms with E-state index in [1.54, 1.807) is 4.90 Å². The van der Waals surface area contributed by atoms with E-state index in [9.17, 15) is 4.79 Å². The molecule has 28 heavy (non-hydrogen) atoms. The number of fused-ring (bicyclic) bond motifs is 2. The molecule has 0 saturated carbocycles. The van der Waals surface area contributed by atoms with Crippen LogP contribution in [0.3, 0.4) is 0 Å². The first-order chi connectivity index (χ1) is 13.4. The van der Waals surface area contributed by atoms with Gasteiger partial charge in [0.15, 0.2) is 11.5 Å². The molecular weight excluding hydrogens is 358 g/mol. The molecule has 0 radical (unpaired) electrons. The Hall–Kier alpha value is -2.89. The maximum atomic E-state index is 12.3. The van der Waals surface area contributed by atoms with Gasteiger partial charge in [0.2, 0.25) is 6.79 Å². The molecule has 2 heterocycles. The van der Waals surface area contributed by atoms with Gasteiger partial charge in [0, 0.05) is 13.1 Å². The van der Waals surface area contributed by atoms with E-state index in [1.807, 2.05) is 51.1 Å². The Balaban J connectivity index is 1.38. The van der Waals surface area contributed by atoms with E-state index >= 15 is 0 Å². The van der Waals surface area contributed by atoms with Crippen molar-refractivity contribution in [2.45, 2.75) is 45.9 Å². The molecule has 2 aliphatic heterocycles. The minimum atomic E-state index is -0.482. The Morgan fingerprint density at radius 3 is 2.71 bits per heavy atom. The van der Waals surface area contributed by atoms with Crippen LogP contribution in [0.5, 0.6) is 17.2 Å². The van der Waals surface area contributed by atoms with E-state index in [2.05, 4.69) is 6.07 Å². The van der Waals surface area contributed by atoms with Gasteiger partial charge in [-0.1, -0.05) is 12.1 Å². The molecule has 0 bridgehead atoms. The first-order valence-electron chi connectivity index (χ1n) is 9.48. The van der Waals surface area contributed by atoms with Crippen molar-refractivity contribution < 1.29 is 23.7 Å². The molecule has 1 amide bonds. The van der Waals surface area contributed by atoms with Gasteiger partial charge >= 0.3 is 6.09 Å². The number of hydrogen-bond donors (Lipinski definition) is 0.